The number of anilines is 1. The maximum Gasteiger partial charge on any atom is 0.315 e. The van der Waals surface area contributed by atoms with Gasteiger partial charge in [-0.25, -0.2) is 4.90 Å². The summed E-state index contributed by atoms with van der Waals surface area (Å²) in [6, 6.07) is 16.1. The Kier molecular flexibility index (Phi) is 3.76. The monoisotopic (exact) mass is 399 g/mol. The Bertz CT molecular complexity index is 1060. The zero-order valence-electron chi connectivity index (χ0n) is 16.3. The van der Waals surface area contributed by atoms with Crippen molar-refractivity contribution in [1.82, 2.24) is 0 Å². The average molecular weight is 399 g/mol. The van der Waals surface area contributed by atoms with E-state index in [4.69, 9.17) is 4.74 Å². The van der Waals surface area contributed by atoms with E-state index in [2.05, 4.69) is 12.2 Å². The molecule has 6 atom stereocenters. The summed E-state index contributed by atoms with van der Waals surface area (Å²) in [5.41, 5.74) is 1.35. The molecule has 5 aliphatic rings. The van der Waals surface area contributed by atoms with Gasteiger partial charge in [0.05, 0.1) is 23.9 Å². The third kappa shape index (κ3) is 2.58. The molecule has 0 N–H and O–H groups in total. The van der Waals surface area contributed by atoms with Crippen LogP contribution in [0.4, 0.5) is 5.69 Å². The molecule has 1 saturated heterocycles. The zero-order chi connectivity index (χ0) is 20.4. The van der Waals surface area contributed by atoms with Gasteiger partial charge in [-0.3, -0.25) is 14.4 Å². The summed E-state index contributed by atoms with van der Waals surface area (Å²) in [6.45, 7) is 0. The van der Waals surface area contributed by atoms with Gasteiger partial charge in [-0.15, -0.1) is 0 Å². The molecule has 30 heavy (non-hydrogen) atoms. The fourth-order valence-electron chi connectivity index (χ4n) is 5.83. The Morgan fingerprint density at radius 2 is 1.57 bits per heavy atom. The highest BCUT2D eigenvalue weighted by Gasteiger charge is 2.67. The van der Waals surface area contributed by atoms with Gasteiger partial charge in [-0.1, -0.05) is 48.6 Å². The lowest BCUT2D eigenvalue weighted by molar-refractivity contribution is -0.133. The van der Waals surface area contributed by atoms with Gasteiger partial charge in [0.15, 0.2) is 0 Å². The maximum absolute atomic E-state index is 13.2. The molecule has 2 amide bonds. The molecule has 150 valence electrons. The lowest BCUT2D eigenvalue weighted by atomic mass is 9.63. The molecular weight excluding hydrogens is 378 g/mol. The number of ether oxygens (including phenoxy) is 1. The van der Waals surface area contributed by atoms with E-state index in [1.54, 1.807) is 24.3 Å². The van der Waals surface area contributed by atoms with Crippen LogP contribution in [0.1, 0.15) is 12.0 Å². The fourth-order valence-corrected chi connectivity index (χ4v) is 5.83. The first kappa shape index (κ1) is 17.6. The second-order valence-corrected chi connectivity index (χ2v) is 8.80. The molecule has 2 saturated carbocycles. The lowest BCUT2D eigenvalue weighted by Gasteiger charge is -2.37. The Hall–Kier alpha value is -3.21. The SMILES string of the molecule is O=C(Cc1ccccc1)Oc1cccc(N2C(=O)C3C4C=CC(C5CC45)C3C2=O)c1. The molecule has 2 bridgehead atoms. The van der Waals surface area contributed by atoms with Gasteiger partial charge in [0.1, 0.15) is 5.75 Å². The highest BCUT2D eigenvalue weighted by atomic mass is 16.5. The van der Waals surface area contributed by atoms with Crippen molar-refractivity contribution in [3.05, 3.63) is 72.3 Å². The number of esters is 1. The minimum atomic E-state index is -0.381. The van der Waals surface area contributed by atoms with Gasteiger partial charge >= 0.3 is 5.97 Å². The predicted molar refractivity (Wildman–Crippen MR) is 109 cm³/mol. The van der Waals surface area contributed by atoms with Gasteiger partial charge in [0.25, 0.3) is 0 Å². The van der Waals surface area contributed by atoms with Crippen LogP contribution in [0.2, 0.25) is 0 Å². The van der Waals surface area contributed by atoms with E-state index in [0.29, 0.717) is 23.3 Å². The second-order valence-electron chi connectivity index (χ2n) is 8.80. The molecule has 0 spiro atoms. The highest BCUT2D eigenvalue weighted by molar-refractivity contribution is 6.22. The van der Waals surface area contributed by atoms with Crippen LogP contribution in [-0.4, -0.2) is 17.8 Å². The summed E-state index contributed by atoms with van der Waals surface area (Å²) in [6.07, 6.45) is 5.63. The summed E-state index contributed by atoms with van der Waals surface area (Å²) in [7, 11) is 0. The number of hydrogen-bond donors (Lipinski definition) is 0. The molecule has 4 aliphatic carbocycles. The van der Waals surface area contributed by atoms with Crippen molar-refractivity contribution in [2.45, 2.75) is 12.8 Å². The first-order valence-corrected chi connectivity index (χ1v) is 10.5. The highest BCUT2D eigenvalue weighted by Crippen LogP contribution is 2.65. The lowest BCUT2D eigenvalue weighted by Crippen LogP contribution is -2.40. The molecule has 2 aromatic carbocycles. The Morgan fingerprint density at radius 3 is 2.23 bits per heavy atom. The Balaban J connectivity index is 1.23. The fraction of sp³-hybridized carbons (Fsp3) is 0.320. The molecule has 1 heterocycles. The summed E-state index contributed by atoms with van der Waals surface area (Å²) in [4.78, 5) is 40.1. The number of benzene rings is 2. The molecule has 5 heteroatoms. The average Bonchev–Trinajstić information content (AvgIpc) is 3.52. The summed E-state index contributed by atoms with van der Waals surface area (Å²) in [5, 5.41) is 0. The summed E-state index contributed by atoms with van der Waals surface area (Å²) < 4.78 is 5.49. The number of hydrogen-bond acceptors (Lipinski definition) is 4. The third-order valence-corrected chi connectivity index (χ3v) is 7.16. The molecule has 0 aromatic heterocycles. The van der Waals surface area contributed by atoms with E-state index in [9.17, 15) is 14.4 Å². The smallest absolute Gasteiger partial charge is 0.315 e. The van der Waals surface area contributed by atoms with E-state index in [0.717, 1.165) is 12.0 Å². The van der Waals surface area contributed by atoms with Gasteiger partial charge in [0.2, 0.25) is 11.8 Å². The van der Waals surface area contributed by atoms with E-state index < -0.39 is 0 Å². The van der Waals surface area contributed by atoms with Crippen molar-refractivity contribution in [3.63, 3.8) is 0 Å². The second kappa shape index (κ2) is 6.39. The van der Waals surface area contributed by atoms with Gasteiger partial charge in [0, 0.05) is 6.07 Å². The number of allylic oxidation sites excluding steroid dienone is 2. The van der Waals surface area contributed by atoms with Crippen LogP contribution in [-0.2, 0) is 20.8 Å². The number of imide groups is 1. The predicted octanol–water partition coefficient (Wildman–Crippen LogP) is 3.39. The van der Waals surface area contributed by atoms with Crippen LogP contribution in [0.25, 0.3) is 0 Å². The standard InChI is InChI=1S/C25H21NO4/c27-21(11-14-5-2-1-3-6-14)30-16-8-4-7-15(12-16)26-24(28)22-17-9-10-18(20-13-19(17)20)23(22)25(26)29/h1-10,12,17-20,22-23H,11,13H2. The van der Waals surface area contributed by atoms with Crippen molar-refractivity contribution in [1.29, 1.82) is 0 Å². The molecule has 7 rings (SSSR count). The van der Waals surface area contributed by atoms with Crippen LogP contribution >= 0.6 is 0 Å². The van der Waals surface area contributed by atoms with Crippen LogP contribution < -0.4 is 9.64 Å². The third-order valence-electron chi connectivity index (χ3n) is 7.16. The number of nitrogens with zero attached hydrogens (tertiary/aromatic N) is 1. The largest absolute Gasteiger partial charge is 0.426 e. The summed E-state index contributed by atoms with van der Waals surface area (Å²) in [5.74, 6) is 0.801. The number of carbonyl (C=O) groups excluding carboxylic acids is 3. The Labute approximate surface area is 174 Å². The van der Waals surface area contributed by atoms with Crippen molar-refractivity contribution in [2.75, 3.05) is 4.90 Å². The van der Waals surface area contributed by atoms with Crippen molar-refractivity contribution in [2.24, 2.45) is 35.5 Å². The van der Waals surface area contributed by atoms with Crippen LogP contribution in [0.5, 0.6) is 5.75 Å². The molecular formula is C25H21NO4. The first-order valence-electron chi connectivity index (χ1n) is 10.5. The summed E-state index contributed by atoms with van der Waals surface area (Å²) >= 11 is 0. The minimum Gasteiger partial charge on any atom is -0.426 e. The molecule has 1 aliphatic heterocycles. The van der Waals surface area contributed by atoms with Gasteiger partial charge < -0.3 is 4.74 Å². The van der Waals surface area contributed by atoms with E-state index in [-0.39, 0.29) is 47.9 Å². The van der Waals surface area contributed by atoms with Crippen molar-refractivity contribution >= 4 is 23.5 Å². The topological polar surface area (TPSA) is 63.7 Å². The van der Waals surface area contributed by atoms with Crippen LogP contribution in [0, 0.1) is 35.5 Å². The molecule has 3 fully saturated rings. The van der Waals surface area contributed by atoms with E-state index in [1.165, 1.54) is 4.90 Å². The maximum atomic E-state index is 13.2. The minimum absolute atomic E-state index is 0.109. The molecule has 2 aromatic rings. The van der Waals surface area contributed by atoms with Gasteiger partial charge in [-0.2, -0.15) is 0 Å². The van der Waals surface area contributed by atoms with Crippen molar-refractivity contribution < 1.29 is 19.1 Å². The Morgan fingerprint density at radius 1 is 0.900 bits per heavy atom. The molecule has 5 nitrogen and oxygen atoms in total. The van der Waals surface area contributed by atoms with Gasteiger partial charge in [-0.05, 0) is 47.8 Å². The first-order chi connectivity index (χ1) is 14.6. The number of rotatable bonds is 4. The van der Waals surface area contributed by atoms with Crippen LogP contribution in [0.15, 0.2) is 66.7 Å². The van der Waals surface area contributed by atoms with Crippen LogP contribution in [0.3, 0.4) is 0 Å². The number of carbonyl (C=O) groups is 3. The van der Waals surface area contributed by atoms with Crippen molar-refractivity contribution in [3.8, 4) is 5.75 Å². The number of amides is 2. The zero-order valence-corrected chi connectivity index (χ0v) is 16.3. The molecule has 6 unspecified atom stereocenters. The quantitative estimate of drug-likeness (QED) is 0.342. The molecule has 0 radical (unpaired) electrons. The normalized spacial score (nSPS) is 32.7. The van der Waals surface area contributed by atoms with E-state index in [1.807, 2.05) is 30.3 Å². The van der Waals surface area contributed by atoms with E-state index >= 15 is 0 Å².